The van der Waals surface area contributed by atoms with Crippen molar-refractivity contribution in [2.75, 3.05) is 0 Å². The molecule has 0 atom stereocenters. The molecule has 2 aromatic carbocycles. The van der Waals surface area contributed by atoms with Gasteiger partial charge in [0.2, 0.25) is 0 Å². The Kier molecular flexibility index (Phi) is 4.30. The largest absolute Gasteiger partial charge is 0.335 e. The summed E-state index contributed by atoms with van der Waals surface area (Å²) in [5, 5.41) is 4.20. The number of aromatic nitrogens is 2. The van der Waals surface area contributed by atoms with Crippen LogP contribution in [0.25, 0.3) is 12.2 Å². The van der Waals surface area contributed by atoms with Gasteiger partial charge in [-0.3, -0.25) is 0 Å². The van der Waals surface area contributed by atoms with Crippen molar-refractivity contribution in [1.82, 2.24) is 10.1 Å². The van der Waals surface area contributed by atoms with E-state index in [1.165, 1.54) is 6.07 Å². The van der Waals surface area contributed by atoms with Crippen molar-refractivity contribution in [2.24, 2.45) is 0 Å². The first-order valence-corrected chi connectivity index (χ1v) is 7.09. The third-order valence-corrected chi connectivity index (χ3v) is 3.45. The summed E-state index contributed by atoms with van der Waals surface area (Å²) < 4.78 is 18.9. The molecule has 1 aromatic heterocycles. The third-order valence-electron chi connectivity index (χ3n) is 3.10. The van der Waals surface area contributed by atoms with Crippen LogP contribution in [-0.2, 0) is 6.42 Å². The average Bonchev–Trinajstić information content (AvgIpc) is 2.98. The lowest BCUT2D eigenvalue weighted by atomic mass is 10.1. The Morgan fingerprint density at radius 1 is 1.05 bits per heavy atom. The Balaban J connectivity index is 1.76. The second-order valence-electron chi connectivity index (χ2n) is 4.67. The highest BCUT2D eigenvalue weighted by atomic mass is 35.5. The van der Waals surface area contributed by atoms with Crippen LogP contribution in [0.4, 0.5) is 4.39 Å². The van der Waals surface area contributed by atoms with Crippen LogP contribution in [0.2, 0.25) is 5.02 Å². The lowest BCUT2D eigenvalue weighted by molar-refractivity contribution is 0.404. The van der Waals surface area contributed by atoms with Crippen molar-refractivity contribution >= 4 is 23.8 Å². The summed E-state index contributed by atoms with van der Waals surface area (Å²) in [6, 6.07) is 14.3. The van der Waals surface area contributed by atoms with E-state index in [9.17, 15) is 4.39 Å². The second-order valence-corrected chi connectivity index (χ2v) is 5.08. The van der Waals surface area contributed by atoms with Crippen LogP contribution in [0.15, 0.2) is 53.1 Å². The van der Waals surface area contributed by atoms with Crippen LogP contribution in [0, 0.1) is 5.82 Å². The van der Waals surface area contributed by atoms with E-state index < -0.39 is 0 Å². The minimum Gasteiger partial charge on any atom is -0.335 e. The summed E-state index contributed by atoms with van der Waals surface area (Å²) in [5.74, 6) is 0.379. The molecule has 0 saturated heterocycles. The molecule has 0 amide bonds. The molecule has 0 N–H and O–H groups in total. The molecule has 0 fully saturated rings. The van der Waals surface area contributed by atoms with Gasteiger partial charge in [-0.2, -0.15) is 4.98 Å². The molecular weight excluding hydrogens is 303 g/mol. The Morgan fingerprint density at radius 2 is 1.86 bits per heavy atom. The van der Waals surface area contributed by atoms with Gasteiger partial charge in [0, 0.05) is 23.1 Å². The molecule has 0 aliphatic heterocycles. The summed E-state index contributed by atoms with van der Waals surface area (Å²) in [6.45, 7) is 0. The number of nitrogens with zero attached hydrogens (tertiary/aromatic N) is 2. The van der Waals surface area contributed by atoms with Gasteiger partial charge in [-0.15, -0.1) is 0 Å². The van der Waals surface area contributed by atoms with E-state index in [-0.39, 0.29) is 12.2 Å². The van der Waals surface area contributed by atoms with E-state index >= 15 is 0 Å². The van der Waals surface area contributed by atoms with Crippen LogP contribution in [0.3, 0.4) is 0 Å². The van der Waals surface area contributed by atoms with Gasteiger partial charge in [-0.1, -0.05) is 53.2 Å². The molecule has 0 aliphatic rings. The fraction of sp³-hybridized carbons (Fsp3) is 0.0588. The maximum Gasteiger partial charge on any atom is 0.250 e. The van der Waals surface area contributed by atoms with Crippen LogP contribution in [-0.4, -0.2) is 10.1 Å². The van der Waals surface area contributed by atoms with E-state index in [0.717, 1.165) is 5.56 Å². The zero-order chi connectivity index (χ0) is 15.4. The SMILES string of the molecule is Fc1cccc(Cl)c1Cc1noc(C=Cc2ccccc2)n1. The zero-order valence-electron chi connectivity index (χ0n) is 11.5. The molecule has 22 heavy (non-hydrogen) atoms. The van der Waals surface area contributed by atoms with Gasteiger partial charge in [-0.25, -0.2) is 4.39 Å². The predicted molar refractivity (Wildman–Crippen MR) is 83.9 cm³/mol. The topological polar surface area (TPSA) is 38.9 Å². The van der Waals surface area contributed by atoms with Crippen LogP contribution in [0.5, 0.6) is 0 Å². The number of rotatable bonds is 4. The number of hydrogen-bond acceptors (Lipinski definition) is 3. The number of halogens is 2. The van der Waals surface area contributed by atoms with Crippen molar-refractivity contribution in [3.63, 3.8) is 0 Å². The number of benzene rings is 2. The normalized spacial score (nSPS) is 11.2. The van der Waals surface area contributed by atoms with Crippen molar-refractivity contribution in [3.05, 3.63) is 82.2 Å². The highest BCUT2D eigenvalue weighted by Crippen LogP contribution is 2.21. The first-order chi connectivity index (χ1) is 10.7. The molecule has 110 valence electrons. The monoisotopic (exact) mass is 314 g/mol. The zero-order valence-corrected chi connectivity index (χ0v) is 12.3. The molecular formula is C17H12ClFN2O. The predicted octanol–water partition coefficient (Wildman–Crippen LogP) is 4.62. The van der Waals surface area contributed by atoms with Crippen molar-refractivity contribution in [2.45, 2.75) is 6.42 Å². The minimum absolute atomic E-state index is 0.189. The Morgan fingerprint density at radius 3 is 2.64 bits per heavy atom. The standard InChI is InChI=1S/C17H12ClFN2O/c18-14-7-4-8-15(19)13(14)11-16-20-17(22-21-16)10-9-12-5-2-1-3-6-12/h1-10H,11H2. The second kappa shape index (κ2) is 6.54. The van der Waals surface area contributed by atoms with E-state index in [1.807, 2.05) is 36.4 Å². The first kappa shape index (κ1) is 14.5. The summed E-state index contributed by atoms with van der Waals surface area (Å²) in [6.07, 6.45) is 3.77. The van der Waals surface area contributed by atoms with E-state index in [0.29, 0.717) is 22.3 Å². The van der Waals surface area contributed by atoms with E-state index in [1.54, 1.807) is 18.2 Å². The summed E-state index contributed by atoms with van der Waals surface area (Å²) in [4.78, 5) is 4.21. The molecule has 0 saturated carbocycles. The van der Waals surface area contributed by atoms with Gasteiger partial charge in [-0.05, 0) is 23.8 Å². The Hall–Kier alpha value is -2.46. The maximum atomic E-state index is 13.7. The molecule has 0 spiro atoms. The molecule has 3 rings (SSSR count). The lowest BCUT2D eigenvalue weighted by Crippen LogP contribution is -1.95. The van der Waals surface area contributed by atoms with Gasteiger partial charge in [0.15, 0.2) is 5.82 Å². The smallest absolute Gasteiger partial charge is 0.250 e. The van der Waals surface area contributed by atoms with Gasteiger partial charge in [0.05, 0.1) is 0 Å². The number of hydrogen-bond donors (Lipinski definition) is 0. The molecule has 0 bridgehead atoms. The first-order valence-electron chi connectivity index (χ1n) is 6.71. The van der Waals surface area contributed by atoms with Gasteiger partial charge in [0.25, 0.3) is 5.89 Å². The fourth-order valence-corrected chi connectivity index (χ4v) is 2.23. The molecule has 3 nitrogen and oxygen atoms in total. The van der Waals surface area contributed by atoms with Crippen molar-refractivity contribution in [1.29, 1.82) is 0 Å². The molecule has 0 radical (unpaired) electrons. The van der Waals surface area contributed by atoms with Crippen molar-refractivity contribution in [3.8, 4) is 0 Å². The fourth-order valence-electron chi connectivity index (χ4n) is 2.00. The van der Waals surface area contributed by atoms with Crippen molar-refractivity contribution < 1.29 is 8.91 Å². The highest BCUT2D eigenvalue weighted by molar-refractivity contribution is 6.31. The lowest BCUT2D eigenvalue weighted by Gasteiger charge is -2.01. The maximum absolute atomic E-state index is 13.7. The molecule has 1 heterocycles. The Bertz CT molecular complexity index is 779. The third kappa shape index (κ3) is 3.40. The molecule has 0 unspecified atom stereocenters. The summed E-state index contributed by atoms with van der Waals surface area (Å²) in [5.41, 5.74) is 1.39. The quantitative estimate of drug-likeness (QED) is 0.705. The van der Waals surface area contributed by atoms with Gasteiger partial charge >= 0.3 is 0 Å². The van der Waals surface area contributed by atoms with E-state index in [2.05, 4.69) is 10.1 Å². The van der Waals surface area contributed by atoms with Crippen LogP contribution < -0.4 is 0 Å². The minimum atomic E-state index is -0.376. The summed E-state index contributed by atoms with van der Waals surface area (Å²) >= 11 is 5.99. The van der Waals surface area contributed by atoms with E-state index in [4.69, 9.17) is 16.1 Å². The molecule has 3 aromatic rings. The highest BCUT2D eigenvalue weighted by Gasteiger charge is 2.11. The molecule has 5 heteroatoms. The van der Waals surface area contributed by atoms with Gasteiger partial charge in [0.1, 0.15) is 5.82 Å². The summed E-state index contributed by atoms with van der Waals surface area (Å²) in [7, 11) is 0. The van der Waals surface area contributed by atoms with Crippen LogP contribution >= 0.6 is 11.6 Å². The molecule has 0 aliphatic carbocycles. The van der Waals surface area contributed by atoms with Crippen LogP contribution in [0.1, 0.15) is 22.8 Å². The van der Waals surface area contributed by atoms with Gasteiger partial charge < -0.3 is 4.52 Å². The average molecular weight is 315 g/mol. The Labute approximate surface area is 132 Å².